The lowest BCUT2D eigenvalue weighted by Crippen LogP contribution is -2.50. The maximum atomic E-state index is 4.02. The van der Waals surface area contributed by atoms with Crippen LogP contribution in [0.2, 0.25) is 0 Å². The number of hydrogen-bond acceptors (Lipinski definition) is 2. The predicted octanol–water partition coefficient (Wildman–Crippen LogP) is 3.43. The molecule has 0 amide bonds. The third kappa shape index (κ3) is 3.17. The first kappa shape index (κ1) is 13.8. The standard InChI is InChI=1S/C19H28N2/c1-2-5-15(6-3-1)13-21-10-4-7-18(14-21)20-19-12-16-8-9-17(19)11-16/h1-3,5-6,16-20H,4,7-14H2. The van der Waals surface area contributed by atoms with Crippen LogP contribution < -0.4 is 5.32 Å². The zero-order valence-electron chi connectivity index (χ0n) is 13.0. The van der Waals surface area contributed by atoms with Crippen LogP contribution in [0.15, 0.2) is 30.3 Å². The fourth-order valence-corrected chi connectivity index (χ4v) is 4.93. The van der Waals surface area contributed by atoms with E-state index in [2.05, 4.69) is 40.5 Å². The van der Waals surface area contributed by atoms with E-state index in [4.69, 9.17) is 0 Å². The monoisotopic (exact) mass is 284 g/mol. The Morgan fingerprint density at radius 3 is 2.71 bits per heavy atom. The van der Waals surface area contributed by atoms with Crippen LogP contribution in [0.1, 0.15) is 44.1 Å². The summed E-state index contributed by atoms with van der Waals surface area (Å²) in [5.41, 5.74) is 1.46. The average molecular weight is 284 g/mol. The van der Waals surface area contributed by atoms with Gasteiger partial charge in [-0.2, -0.15) is 0 Å². The molecule has 2 aliphatic carbocycles. The number of hydrogen-bond donors (Lipinski definition) is 1. The van der Waals surface area contributed by atoms with Crippen molar-refractivity contribution in [1.29, 1.82) is 0 Å². The maximum absolute atomic E-state index is 4.02. The van der Waals surface area contributed by atoms with E-state index in [0.29, 0.717) is 0 Å². The number of fused-ring (bicyclic) bond motifs is 2. The summed E-state index contributed by atoms with van der Waals surface area (Å²) in [6.07, 6.45) is 8.69. The number of benzene rings is 1. The largest absolute Gasteiger partial charge is 0.310 e. The van der Waals surface area contributed by atoms with E-state index >= 15 is 0 Å². The van der Waals surface area contributed by atoms with Gasteiger partial charge in [0, 0.05) is 25.2 Å². The SMILES string of the molecule is c1ccc(CN2CCCC(NC3CC4CCC3C4)C2)cc1. The Bertz CT molecular complexity index is 458. The molecule has 0 spiro atoms. The van der Waals surface area contributed by atoms with Crippen molar-refractivity contribution in [3.8, 4) is 0 Å². The van der Waals surface area contributed by atoms with Crippen molar-refractivity contribution in [2.75, 3.05) is 13.1 Å². The van der Waals surface area contributed by atoms with E-state index in [-0.39, 0.29) is 0 Å². The van der Waals surface area contributed by atoms with Gasteiger partial charge in [-0.3, -0.25) is 4.90 Å². The van der Waals surface area contributed by atoms with Crippen LogP contribution in [0.25, 0.3) is 0 Å². The molecule has 2 saturated carbocycles. The van der Waals surface area contributed by atoms with Gasteiger partial charge in [0.25, 0.3) is 0 Å². The minimum absolute atomic E-state index is 0.729. The Kier molecular flexibility index (Phi) is 4.00. The Morgan fingerprint density at radius 2 is 1.95 bits per heavy atom. The maximum Gasteiger partial charge on any atom is 0.0234 e. The highest BCUT2D eigenvalue weighted by atomic mass is 15.2. The van der Waals surface area contributed by atoms with Gasteiger partial charge in [0.2, 0.25) is 0 Å². The van der Waals surface area contributed by atoms with Gasteiger partial charge in [-0.25, -0.2) is 0 Å². The molecule has 1 aromatic carbocycles. The van der Waals surface area contributed by atoms with Crippen LogP contribution in [0, 0.1) is 11.8 Å². The third-order valence-corrected chi connectivity index (χ3v) is 5.94. The van der Waals surface area contributed by atoms with Gasteiger partial charge in [0.1, 0.15) is 0 Å². The second kappa shape index (κ2) is 6.10. The predicted molar refractivity (Wildman–Crippen MR) is 87.1 cm³/mol. The van der Waals surface area contributed by atoms with Crippen molar-refractivity contribution in [2.45, 2.75) is 57.2 Å². The molecule has 1 aliphatic heterocycles. The zero-order chi connectivity index (χ0) is 14.1. The van der Waals surface area contributed by atoms with Crippen LogP contribution in [-0.2, 0) is 6.54 Å². The molecule has 0 radical (unpaired) electrons. The highest BCUT2D eigenvalue weighted by Crippen LogP contribution is 2.44. The second-order valence-electron chi connectivity index (χ2n) is 7.51. The van der Waals surface area contributed by atoms with Crippen molar-refractivity contribution in [3.63, 3.8) is 0 Å². The topological polar surface area (TPSA) is 15.3 Å². The average Bonchev–Trinajstić information content (AvgIpc) is 3.11. The van der Waals surface area contributed by atoms with E-state index < -0.39 is 0 Å². The molecule has 3 aliphatic rings. The van der Waals surface area contributed by atoms with Gasteiger partial charge >= 0.3 is 0 Å². The number of nitrogens with one attached hydrogen (secondary N) is 1. The molecule has 1 N–H and O–H groups in total. The van der Waals surface area contributed by atoms with Gasteiger partial charge in [0.05, 0.1) is 0 Å². The quantitative estimate of drug-likeness (QED) is 0.911. The van der Waals surface area contributed by atoms with Gasteiger partial charge < -0.3 is 5.32 Å². The van der Waals surface area contributed by atoms with Crippen molar-refractivity contribution in [1.82, 2.24) is 10.2 Å². The Morgan fingerprint density at radius 1 is 1.05 bits per heavy atom. The summed E-state index contributed by atoms with van der Waals surface area (Å²) in [6, 6.07) is 12.5. The van der Waals surface area contributed by atoms with Gasteiger partial charge in [-0.05, 0) is 56.0 Å². The molecule has 3 fully saturated rings. The van der Waals surface area contributed by atoms with Gasteiger partial charge in [-0.1, -0.05) is 36.8 Å². The molecule has 1 heterocycles. The molecule has 1 aromatic rings. The molecule has 4 unspecified atom stereocenters. The van der Waals surface area contributed by atoms with Crippen molar-refractivity contribution in [3.05, 3.63) is 35.9 Å². The smallest absolute Gasteiger partial charge is 0.0234 e. The summed E-state index contributed by atoms with van der Waals surface area (Å²) in [5.74, 6) is 2.05. The molecule has 4 rings (SSSR count). The van der Waals surface area contributed by atoms with Crippen molar-refractivity contribution < 1.29 is 0 Å². The Labute approximate surface area is 128 Å². The Hall–Kier alpha value is -0.860. The molecule has 21 heavy (non-hydrogen) atoms. The first-order valence-corrected chi connectivity index (χ1v) is 8.89. The van der Waals surface area contributed by atoms with E-state index in [1.807, 2.05) is 0 Å². The third-order valence-electron chi connectivity index (χ3n) is 5.94. The van der Waals surface area contributed by atoms with E-state index in [1.165, 1.54) is 57.2 Å². The Balaban J connectivity index is 1.31. The number of likely N-dealkylation sites (tertiary alicyclic amines) is 1. The summed E-state index contributed by atoms with van der Waals surface area (Å²) >= 11 is 0. The molecule has 1 saturated heterocycles. The minimum atomic E-state index is 0.729. The molecule has 114 valence electrons. The molecular weight excluding hydrogens is 256 g/mol. The first-order valence-electron chi connectivity index (χ1n) is 8.89. The molecule has 2 bridgehead atoms. The first-order chi connectivity index (χ1) is 10.4. The number of nitrogens with zero attached hydrogens (tertiary/aromatic N) is 1. The molecular formula is C19H28N2. The summed E-state index contributed by atoms with van der Waals surface area (Å²) < 4.78 is 0. The van der Waals surface area contributed by atoms with Crippen molar-refractivity contribution in [2.24, 2.45) is 11.8 Å². The summed E-state index contributed by atoms with van der Waals surface area (Å²) in [4.78, 5) is 2.64. The van der Waals surface area contributed by atoms with E-state index in [9.17, 15) is 0 Å². The van der Waals surface area contributed by atoms with E-state index in [1.54, 1.807) is 0 Å². The van der Waals surface area contributed by atoms with Gasteiger partial charge in [-0.15, -0.1) is 0 Å². The number of piperidine rings is 1. The lowest BCUT2D eigenvalue weighted by Gasteiger charge is -2.36. The van der Waals surface area contributed by atoms with Crippen LogP contribution in [-0.4, -0.2) is 30.1 Å². The van der Waals surface area contributed by atoms with Crippen molar-refractivity contribution >= 4 is 0 Å². The lowest BCUT2D eigenvalue weighted by atomic mass is 9.93. The summed E-state index contributed by atoms with van der Waals surface area (Å²) in [5, 5.41) is 4.02. The normalized spacial score (nSPS) is 36.2. The molecule has 0 aromatic heterocycles. The molecule has 4 atom stereocenters. The number of rotatable bonds is 4. The van der Waals surface area contributed by atoms with Crippen LogP contribution in [0.3, 0.4) is 0 Å². The summed E-state index contributed by atoms with van der Waals surface area (Å²) in [7, 11) is 0. The minimum Gasteiger partial charge on any atom is -0.310 e. The van der Waals surface area contributed by atoms with E-state index in [0.717, 1.165) is 30.5 Å². The second-order valence-corrected chi connectivity index (χ2v) is 7.51. The highest BCUT2D eigenvalue weighted by molar-refractivity contribution is 5.14. The summed E-state index contributed by atoms with van der Waals surface area (Å²) in [6.45, 7) is 3.63. The van der Waals surface area contributed by atoms with Crippen LogP contribution in [0.4, 0.5) is 0 Å². The van der Waals surface area contributed by atoms with Crippen LogP contribution in [0.5, 0.6) is 0 Å². The fourth-order valence-electron chi connectivity index (χ4n) is 4.93. The van der Waals surface area contributed by atoms with Crippen LogP contribution >= 0.6 is 0 Å². The van der Waals surface area contributed by atoms with Gasteiger partial charge in [0.15, 0.2) is 0 Å². The molecule has 2 heteroatoms. The lowest BCUT2D eigenvalue weighted by molar-refractivity contribution is 0.166. The fraction of sp³-hybridized carbons (Fsp3) is 0.684. The highest BCUT2D eigenvalue weighted by Gasteiger charge is 2.40. The zero-order valence-corrected chi connectivity index (χ0v) is 13.0. The molecule has 2 nitrogen and oxygen atoms in total.